The topological polar surface area (TPSA) is 85.1 Å². The van der Waals surface area contributed by atoms with Crippen molar-refractivity contribution in [3.8, 4) is 0 Å². The molecule has 0 amide bonds. The molecule has 2 aromatic rings. The fourth-order valence-corrected chi connectivity index (χ4v) is 2.74. The van der Waals surface area contributed by atoms with E-state index in [4.69, 9.17) is 17.3 Å². The van der Waals surface area contributed by atoms with Gasteiger partial charge in [0.05, 0.1) is 0 Å². The van der Waals surface area contributed by atoms with Gasteiger partial charge in [-0.1, -0.05) is 41.9 Å². The summed E-state index contributed by atoms with van der Waals surface area (Å²) in [5.74, 6) is 0. The summed E-state index contributed by atoms with van der Waals surface area (Å²) in [6.07, 6.45) is 1.21. The largest absolute Gasteiger partial charge is 0.323 e. The maximum atomic E-state index is 12.0. The molecule has 3 N–H and O–H groups in total. The molecule has 106 valence electrons. The smallest absolute Gasteiger partial charge is 0.242 e. The molecule has 1 heterocycles. The van der Waals surface area contributed by atoms with Crippen molar-refractivity contribution in [1.82, 2.24) is 9.71 Å². The number of halogens is 1. The third kappa shape index (κ3) is 3.77. The molecule has 7 heteroatoms. The lowest BCUT2D eigenvalue weighted by atomic mass is 10.1. The summed E-state index contributed by atoms with van der Waals surface area (Å²) in [7, 11) is -3.63. The van der Waals surface area contributed by atoms with Crippen molar-refractivity contribution in [1.29, 1.82) is 0 Å². The van der Waals surface area contributed by atoms with Crippen LogP contribution < -0.4 is 10.5 Å². The number of rotatable bonds is 5. The third-order valence-corrected chi connectivity index (χ3v) is 4.36. The third-order valence-electron chi connectivity index (χ3n) is 2.73. The van der Waals surface area contributed by atoms with E-state index in [9.17, 15) is 8.42 Å². The zero-order chi connectivity index (χ0) is 14.6. The molecule has 0 unspecified atom stereocenters. The van der Waals surface area contributed by atoms with Gasteiger partial charge < -0.3 is 5.73 Å². The number of nitrogens with zero attached hydrogens (tertiary/aromatic N) is 1. The first kappa shape index (κ1) is 14.9. The molecule has 0 aliphatic carbocycles. The maximum absolute atomic E-state index is 12.0. The van der Waals surface area contributed by atoms with Gasteiger partial charge in [-0.05, 0) is 17.7 Å². The van der Waals surface area contributed by atoms with Gasteiger partial charge in [-0.3, -0.25) is 0 Å². The number of nitrogens with two attached hydrogens (primary N) is 1. The second kappa shape index (κ2) is 6.32. The summed E-state index contributed by atoms with van der Waals surface area (Å²) in [4.78, 5) is 3.80. The summed E-state index contributed by atoms with van der Waals surface area (Å²) in [6.45, 7) is 0.106. The van der Waals surface area contributed by atoms with E-state index in [2.05, 4.69) is 9.71 Å². The Hall–Kier alpha value is -1.47. The quantitative estimate of drug-likeness (QED) is 0.823. The average molecular weight is 312 g/mol. The highest BCUT2D eigenvalue weighted by atomic mass is 35.5. The van der Waals surface area contributed by atoms with Crippen LogP contribution in [-0.2, 0) is 10.0 Å². The predicted octanol–water partition coefficient (Wildman–Crippen LogP) is 1.71. The Morgan fingerprint density at radius 1 is 1.20 bits per heavy atom. The van der Waals surface area contributed by atoms with Crippen molar-refractivity contribution in [3.05, 3.63) is 59.4 Å². The highest BCUT2D eigenvalue weighted by molar-refractivity contribution is 7.89. The number of aromatic nitrogens is 1. The van der Waals surface area contributed by atoms with Gasteiger partial charge in [0.2, 0.25) is 10.0 Å². The lowest BCUT2D eigenvalue weighted by Crippen LogP contribution is -2.32. The van der Waals surface area contributed by atoms with Gasteiger partial charge in [0.25, 0.3) is 0 Å². The molecule has 0 aliphatic rings. The van der Waals surface area contributed by atoms with Crippen molar-refractivity contribution < 1.29 is 8.42 Å². The summed E-state index contributed by atoms with van der Waals surface area (Å²) < 4.78 is 26.5. The zero-order valence-electron chi connectivity index (χ0n) is 10.5. The van der Waals surface area contributed by atoms with Crippen molar-refractivity contribution in [2.75, 3.05) is 6.54 Å². The normalized spacial score (nSPS) is 13.1. The Labute approximate surface area is 122 Å². The van der Waals surface area contributed by atoms with Crippen LogP contribution in [0.1, 0.15) is 11.6 Å². The molecule has 2 rings (SSSR count). The average Bonchev–Trinajstić information content (AvgIpc) is 2.46. The van der Waals surface area contributed by atoms with Gasteiger partial charge in [0.15, 0.2) is 0 Å². The SMILES string of the molecule is N[C@@H](CNS(=O)(=O)c1ccc(Cl)nc1)c1ccccc1. The molecule has 0 saturated carbocycles. The monoisotopic (exact) mass is 311 g/mol. The summed E-state index contributed by atoms with van der Waals surface area (Å²) in [5.41, 5.74) is 6.81. The van der Waals surface area contributed by atoms with Gasteiger partial charge in [-0.15, -0.1) is 0 Å². The standard InChI is InChI=1S/C13H14ClN3O2S/c14-13-7-6-11(8-16-13)20(18,19)17-9-12(15)10-4-2-1-3-5-10/h1-8,12,17H,9,15H2/t12-/m0/s1. The fourth-order valence-electron chi connectivity index (χ4n) is 1.62. The van der Waals surface area contributed by atoms with Crippen LogP contribution in [0.5, 0.6) is 0 Å². The first-order valence-electron chi connectivity index (χ1n) is 5.91. The number of hydrogen-bond donors (Lipinski definition) is 2. The van der Waals surface area contributed by atoms with Crippen LogP contribution in [0.25, 0.3) is 0 Å². The minimum Gasteiger partial charge on any atom is -0.323 e. The van der Waals surface area contributed by atoms with Crippen molar-refractivity contribution in [2.24, 2.45) is 5.73 Å². The van der Waals surface area contributed by atoms with Gasteiger partial charge >= 0.3 is 0 Å². The lowest BCUT2D eigenvalue weighted by molar-refractivity contribution is 0.572. The van der Waals surface area contributed by atoms with Crippen molar-refractivity contribution in [3.63, 3.8) is 0 Å². The maximum Gasteiger partial charge on any atom is 0.242 e. The van der Waals surface area contributed by atoms with Gasteiger partial charge in [0.1, 0.15) is 10.0 Å². The van der Waals surface area contributed by atoms with Gasteiger partial charge in [-0.2, -0.15) is 0 Å². The molecule has 1 aromatic carbocycles. The Bertz CT molecular complexity index is 660. The Kier molecular flexibility index (Phi) is 4.72. The molecule has 0 spiro atoms. The van der Waals surface area contributed by atoms with Crippen LogP contribution >= 0.6 is 11.6 Å². The fraction of sp³-hybridized carbons (Fsp3) is 0.154. The molecule has 5 nitrogen and oxygen atoms in total. The molecule has 0 saturated heterocycles. The van der Waals surface area contributed by atoms with E-state index in [1.165, 1.54) is 18.3 Å². The molecule has 0 bridgehead atoms. The molecule has 0 fully saturated rings. The van der Waals surface area contributed by atoms with E-state index in [1.54, 1.807) is 0 Å². The Balaban J connectivity index is 2.04. The highest BCUT2D eigenvalue weighted by Crippen LogP contribution is 2.12. The van der Waals surface area contributed by atoms with E-state index in [-0.39, 0.29) is 16.6 Å². The van der Waals surface area contributed by atoms with Crippen LogP contribution in [0.3, 0.4) is 0 Å². The van der Waals surface area contributed by atoms with E-state index in [0.717, 1.165) is 5.56 Å². The van der Waals surface area contributed by atoms with Crippen molar-refractivity contribution in [2.45, 2.75) is 10.9 Å². The first-order chi connectivity index (χ1) is 9.49. The second-order valence-corrected chi connectivity index (χ2v) is 6.34. The molecule has 1 atom stereocenters. The highest BCUT2D eigenvalue weighted by Gasteiger charge is 2.16. The van der Waals surface area contributed by atoms with E-state index >= 15 is 0 Å². The van der Waals surface area contributed by atoms with Crippen molar-refractivity contribution >= 4 is 21.6 Å². The number of sulfonamides is 1. The minimum absolute atomic E-state index is 0.0576. The minimum atomic E-state index is -3.63. The first-order valence-corrected chi connectivity index (χ1v) is 7.77. The molecule has 20 heavy (non-hydrogen) atoms. The number of benzene rings is 1. The van der Waals surface area contributed by atoms with Crippen LogP contribution in [-0.4, -0.2) is 19.9 Å². The van der Waals surface area contributed by atoms with Crippen LogP contribution in [0, 0.1) is 0 Å². The van der Waals surface area contributed by atoms with Crippen LogP contribution in [0.2, 0.25) is 5.15 Å². The molecule has 1 aromatic heterocycles. The molecular weight excluding hydrogens is 298 g/mol. The van der Waals surface area contributed by atoms with Gasteiger partial charge in [0, 0.05) is 18.8 Å². The molecule has 0 aliphatic heterocycles. The second-order valence-electron chi connectivity index (χ2n) is 4.19. The predicted molar refractivity (Wildman–Crippen MR) is 77.8 cm³/mol. The number of nitrogens with one attached hydrogen (secondary N) is 1. The summed E-state index contributed by atoms with van der Waals surface area (Å²) >= 11 is 5.62. The van der Waals surface area contributed by atoms with E-state index in [0.29, 0.717) is 0 Å². The van der Waals surface area contributed by atoms with E-state index < -0.39 is 16.1 Å². The summed E-state index contributed by atoms with van der Waals surface area (Å²) in [5, 5.41) is 0.241. The zero-order valence-corrected chi connectivity index (χ0v) is 12.1. The van der Waals surface area contributed by atoms with E-state index in [1.807, 2.05) is 30.3 Å². The van der Waals surface area contributed by atoms with Crippen LogP contribution in [0.4, 0.5) is 0 Å². The molecule has 0 radical (unpaired) electrons. The number of pyridine rings is 1. The van der Waals surface area contributed by atoms with Gasteiger partial charge in [-0.25, -0.2) is 18.1 Å². The summed E-state index contributed by atoms with van der Waals surface area (Å²) in [6, 6.07) is 11.7. The van der Waals surface area contributed by atoms with Crippen LogP contribution in [0.15, 0.2) is 53.6 Å². The molecular formula is C13H14ClN3O2S. The lowest BCUT2D eigenvalue weighted by Gasteiger charge is -2.13. The Morgan fingerprint density at radius 2 is 1.90 bits per heavy atom. The Morgan fingerprint density at radius 3 is 2.50 bits per heavy atom. The number of hydrogen-bond acceptors (Lipinski definition) is 4.